The molecule has 2 N–H and O–H groups in total. The first-order valence-electron chi connectivity index (χ1n) is 4.92. The largest absolute Gasteiger partial charge is 0.481 e. The van der Waals surface area contributed by atoms with E-state index in [1.165, 1.54) is 0 Å². The number of amides is 1. The topological polar surface area (TPSA) is 83.5 Å². The first-order chi connectivity index (χ1) is 6.91. The number of hydrogen-bond acceptors (Lipinski definition) is 3. The number of hydrogen-bond donors (Lipinski definition) is 2. The van der Waals surface area contributed by atoms with Crippen LogP contribution in [0.3, 0.4) is 0 Å². The Bertz CT molecular complexity index is 248. The molecule has 0 aliphatic carbocycles. The number of rotatable bonds is 7. The summed E-state index contributed by atoms with van der Waals surface area (Å²) in [5.74, 6) is -1.18. The zero-order valence-corrected chi connectivity index (χ0v) is 9.08. The molecule has 86 valence electrons. The van der Waals surface area contributed by atoms with Gasteiger partial charge in [-0.15, -0.1) is 0 Å². The van der Waals surface area contributed by atoms with Crippen molar-refractivity contribution in [3.8, 4) is 0 Å². The predicted octanol–water partition coefficient (Wildman–Crippen LogP) is 0.583. The summed E-state index contributed by atoms with van der Waals surface area (Å²) >= 11 is 0. The van der Waals surface area contributed by atoms with Crippen LogP contribution in [0.2, 0.25) is 0 Å². The van der Waals surface area contributed by atoms with Crippen molar-refractivity contribution in [3.05, 3.63) is 0 Å². The highest BCUT2D eigenvalue weighted by atomic mass is 16.4. The number of nitrogens with one attached hydrogen (secondary N) is 1. The molecule has 5 nitrogen and oxygen atoms in total. The molecule has 0 spiro atoms. The zero-order chi connectivity index (χ0) is 11.8. The second-order valence-electron chi connectivity index (χ2n) is 3.81. The maximum absolute atomic E-state index is 11.1. The number of aliphatic carboxylic acids is 1. The third-order valence-electron chi connectivity index (χ3n) is 1.69. The quantitative estimate of drug-likeness (QED) is 0.650. The Morgan fingerprint density at radius 3 is 2.27 bits per heavy atom. The van der Waals surface area contributed by atoms with Gasteiger partial charge in [-0.05, 0) is 5.92 Å². The van der Waals surface area contributed by atoms with Crippen molar-refractivity contribution in [2.45, 2.75) is 33.1 Å². The van der Waals surface area contributed by atoms with Crippen molar-refractivity contribution in [2.24, 2.45) is 5.92 Å². The minimum Gasteiger partial charge on any atom is -0.481 e. The molecule has 1 amide bonds. The molecule has 0 fully saturated rings. The summed E-state index contributed by atoms with van der Waals surface area (Å²) in [6.07, 6.45) is 0.169. The van der Waals surface area contributed by atoms with Crippen LogP contribution in [0.1, 0.15) is 33.1 Å². The van der Waals surface area contributed by atoms with E-state index in [-0.39, 0.29) is 37.0 Å². The molecular formula is C10H17NO4. The van der Waals surface area contributed by atoms with Crippen LogP contribution in [0.5, 0.6) is 0 Å². The summed E-state index contributed by atoms with van der Waals surface area (Å²) in [5.41, 5.74) is 0. The van der Waals surface area contributed by atoms with Crippen molar-refractivity contribution >= 4 is 17.7 Å². The van der Waals surface area contributed by atoms with Gasteiger partial charge >= 0.3 is 5.97 Å². The van der Waals surface area contributed by atoms with Gasteiger partial charge in [0, 0.05) is 12.8 Å². The SMILES string of the molecule is CC(C)CC(=O)NCC(=O)CCC(=O)O. The Balaban J connectivity index is 3.62. The molecule has 0 aromatic carbocycles. The van der Waals surface area contributed by atoms with E-state index >= 15 is 0 Å². The van der Waals surface area contributed by atoms with E-state index in [9.17, 15) is 14.4 Å². The molecular weight excluding hydrogens is 198 g/mol. The molecule has 0 saturated carbocycles. The normalized spacial score (nSPS) is 10.1. The van der Waals surface area contributed by atoms with E-state index in [1.807, 2.05) is 13.8 Å². The van der Waals surface area contributed by atoms with Crippen LogP contribution in [-0.2, 0) is 14.4 Å². The van der Waals surface area contributed by atoms with Gasteiger partial charge in [-0.25, -0.2) is 0 Å². The standard InChI is InChI=1S/C10H17NO4/c1-7(2)5-9(13)11-6-8(12)3-4-10(14)15/h7H,3-6H2,1-2H3,(H,11,13)(H,14,15). The van der Waals surface area contributed by atoms with E-state index in [2.05, 4.69) is 5.32 Å². The van der Waals surface area contributed by atoms with Crippen LogP contribution in [0, 0.1) is 5.92 Å². The Labute approximate surface area is 88.9 Å². The van der Waals surface area contributed by atoms with Gasteiger partial charge in [0.15, 0.2) is 5.78 Å². The smallest absolute Gasteiger partial charge is 0.303 e. The summed E-state index contributed by atoms with van der Waals surface area (Å²) in [7, 11) is 0. The van der Waals surface area contributed by atoms with E-state index < -0.39 is 5.97 Å². The van der Waals surface area contributed by atoms with Crippen LogP contribution >= 0.6 is 0 Å². The number of carbonyl (C=O) groups excluding carboxylic acids is 2. The highest BCUT2D eigenvalue weighted by molar-refractivity contribution is 5.87. The minimum absolute atomic E-state index is 0.0305. The lowest BCUT2D eigenvalue weighted by molar-refractivity contribution is -0.138. The number of carboxylic acids is 1. The molecule has 0 aromatic heterocycles. The summed E-state index contributed by atoms with van der Waals surface area (Å²) in [6.45, 7) is 3.75. The van der Waals surface area contributed by atoms with Crippen LogP contribution in [0.15, 0.2) is 0 Å². The van der Waals surface area contributed by atoms with Crippen molar-refractivity contribution in [1.29, 1.82) is 0 Å². The number of ketones is 1. The van der Waals surface area contributed by atoms with Gasteiger partial charge in [-0.2, -0.15) is 0 Å². The second-order valence-corrected chi connectivity index (χ2v) is 3.81. The van der Waals surface area contributed by atoms with E-state index in [0.29, 0.717) is 6.42 Å². The average molecular weight is 215 g/mol. The van der Waals surface area contributed by atoms with Crippen LogP contribution in [-0.4, -0.2) is 29.3 Å². The van der Waals surface area contributed by atoms with Gasteiger partial charge in [0.1, 0.15) is 0 Å². The number of carbonyl (C=O) groups is 3. The first-order valence-corrected chi connectivity index (χ1v) is 4.92. The second kappa shape index (κ2) is 6.98. The molecule has 0 saturated heterocycles. The van der Waals surface area contributed by atoms with Crippen LogP contribution < -0.4 is 5.32 Å². The summed E-state index contributed by atoms with van der Waals surface area (Å²) in [5, 5.41) is 10.8. The van der Waals surface area contributed by atoms with Gasteiger partial charge in [0.05, 0.1) is 13.0 Å². The lowest BCUT2D eigenvalue weighted by atomic mass is 10.1. The molecule has 0 aromatic rings. The Hall–Kier alpha value is -1.39. The fourth-order valence-corrected chi connectivity index (χ4v) is 0.975. The fraction of sp³-hybridized carbons (Fsp3) is 0.700. The maximum atomic E-state index is 11.1. The monoisotopic (exact) mass is 215 g/mol. The average Bonchev–Trinajstić information content (AvgIpc) is 2.10. The molecule has 0 aliphatic rings. The first kappa shape index (κ1) is 13.6. The van der Waals surface area contributed by atoms with Crippen molar-refractivity contribution in [1.82, 2.24) is 5.32 Å². The minimum atomic E-state index is -1.00. The molecule has 15 heavy (non-hydrogen) atoms. The zero-order valence-electron chi connectivity index (χ0n) is 9.08. The van der Waals surface area contributed by atoms with Gasteiger partial charge in [0.25, 0.3) is 0 Å². The lowest BCUT2D eigenvalue weighted by Crippen LogP contribution is -2.30. The molecule has 5 heteroatoms. The molecule has 0 atom stereocenters. The third-order valence-corrected chi connectivity index (χ3v) is 1.69. The highest BCUT2D eigenvalue weighted by Crippen LogP contribution is 1.98. The van der Waals surface area contributed by atoms with Crippen LogP contribution in [0.25, 0.3) is 0 Å². The Morgan fingerprint density at radius 1 is 1.20 bits per heavy atom. The van der Waals surface area contributed by atoms with Gasteiger partial charge < -0.3 is 10.4 Å². The summed E-state index contributed by atoms with van der Waals surface area (Å²) in [4.78, 5) is 32.3. The molecule has 0 rings (SSSR count). The number of carboxylic acid groups (broad SMARTS) is 1. The molecule has 0 heterocycles. The maximum Gasteiger partial charge on any atom is 0.303 e. The lowest BCUT2D eigenvalue weighted by Gasteiger charge is -2.05. The van der Waals surface area contributed by atoms with Crippen LogP contribution in [0.4, 0.5) is 0 Å². The molecule has 0 aliphatic heterocycles. The van der Waals surface area contributed by atoms with Crippen molar-refractivity contribution < 1.29 is 19.5 Å². The van der Waals surface area contributed by atoms with Crippen molar-refractivity contribution in [2.75, 3.05) is 6.54 Å². The van der Waals surface area contributed by atoms with Gasteiger partial charge in [-0.1, -0.05) is 13.8 Å². The van der Waals surface area contributed by atoms with Crippen molar-refractivity contribution in [3.63, 3.8) is 0 Å². The Kier molecular flexibility index (Phi) is 6.33. The molecule has 0 radical (unpaired) electrons. The van der Waals surface area contributed by atoms with E-state index in [0.717, 1.165) is 0 Å². The highest BCUT2D eigenvalue weighted by Gasteiger charge is 2.08. The predicted molar refractivity (Wildman–Crippen MR) is 54.3 cm³/mol. The van der Waals surface area contributed by atoms with Gasteiger partial charge in [-0.3, -0.25) is 14.4 Å². The molecule has 0 bridgehead atoms. The van der Waals surface area contributed by atoms with E-state index in [4.69, 9.17) is 5.11 Å². The molecule has 0 unspecified atom stereocenters. The summed E-state index contributed by atoms with van der Waals surface area (Å²) < 4.78 is 0. The van der Waals surface area contributed by atoms with Gasteiger partial charge in [0.2, 0.25) is 5.91 Å². The van der Waals surface area contributed by atoms with E-state index in [1.54, 1.807) is 0 Å². The Morgan fingerprint density at radius 2 is 1.80 bits per heavy atom. The summed E-state index contributed by atoms with van der Waals surface area (Å²) in [6, 6.07) is 0. The fourth-order valence-electron chi connectivity index (χ4n) is 0.975. The number of Topliss-reactive ketones (excluding diaryl/α,β-unsaturated/α-hetero) is 1. The third kappa shape index (κ3) is 8.93.